The Kier molecular flexibility index (Phi) is 9.25. The molecule has 0 saturated heterocycles. The van der Waals surface area contributed by atoms with Crippen molar-refractivity contribution in [2.24, 2.45) is 5.92 Å². The summed E-state index contributed by atoms with van der Waals surface area (Å²) in [5.74, 6) is -0.0904. The van der Waals surface area contributed by atoms with E-state index in [1.807, 2.05) is 0 Å². The molecule has 0 radical (unpaired) electrons. The van der Waals surface area contributed by atoms with Gasteiger partial charge < -0.3 is 23.9 Å². The summed E-state index contributed by atoms with van der Waals surface area (Å²) in [5.41, 5.74) is 0. The number of carbonyl (C=O) groups is 3. The molecule has 0 heterocycles. The van der Waals surface area contributed by atoms with Gasteiger partial charge in [-0.3, -0.25) is 0 Å². The molecule has 0 amide bonds. The van der Waals surface area contributed by atoms with E-state index in [1.165, 1.54) is 0 Å². The maximum atomic E-state index is 10.2. The van der Waals surface area contributed by atoms with Crippen molar-refractivity contribution in [3.8, 4) is 0 Å². The van der Waals surface area contributed by atoms with Crippen LogP contribution >= 0.6 is 0 Å². The topological polar surface area (TPSA) is 69.7 Å². The minimum absolute atomic E-state index is 0.0169. The lowest BCUT2D eigenvalue weighted by Crippen LogP contribution is -2.18. The average molecular weight is 202 g/mol. The highest BCUT2D eigenvalue weighted by molar-refractivity contribution is 5.51. The Labute approximate surface area is 82.4 Å². The lowest BCUT2D eigenvalue weighted by Gasteiger charge is -2.12. The van der Waals surface area contributed by atoms with Gasteiger partial charge in [0.15, 0.2) is 0 Å². The van der Waals surface area contributed by atoms with Crippen LogP contribution in [0, 0.1) is 5.92 Å². The molecule has 0 saturated carbocycles. The quantitative estimate of drug-likeness (QED) is 0.357. The molecular formula is C9H14O5. The summed E-state index contributed by atoms with van der Waals surface area (Å²) >= 11 is 0. The smallest absolute Gasteiger partial charge is 0.145 e. The molecule has 0 unspecified atom stereocenters. The average Bonchev–Trinajstić information content (AvgIpc) is 2.18. The first kappa shape index (κ1) is 12.9. The van der Waals surface area contributed by atoms with Gasteiger partial charge in [-0.15, -0.1) is 0 Å². The first-order valence-corrected chi connectivity index (χ1v) is 4.31. The maximum absolute atomic E-state index is 10.2. The van der Waals surface area contributed by atoms with Crippen molar-refractivity contribution < 1.29 is 23.9 Å². The second-order valence-electron chi connectivity index (χ2n) is 2.68. The SMILES string of the molecule is O=CCOCC(CC=O)COCC=O. The van der Waals surface area contributed by atoms with E-state index in [2.05, 4.69) is 0 Å². The molecule has 0 aliphatic rings. The Bertz CT molecular complexity index is 155. The molecule has 0 aromatic heterocycles. The number of ether oxygens (including phenoxy) is 2. The van der Waals surface area contributed by atoms with Crippen LogP contribution in [0.3, 0.4) is 0 Å². The van der Waals surface area contributed by atoms with Gasteiger partial charge in [0.1, 0.15) is 32.1 Å². The Morgan fingerprint density at radius 1 is 0.857 bits per heavy atom. The molecule has 0 aliphatic heterocycles. The molecule has 0 spiro atoms. The van der Waals surface area contributed by atoms with E-state index in [9.17, 15) is 14.4 Å². The largest absolute Gasteiger partial charge is 0.374 e. The van der Waals surface area contributed by atoms with Crippen LogP contribution in [0.15, 0.2) is 0 Å². The molecule has 0 aromatic carbocycles. The summed E-state index contributed by atoms with van der Waals surface area (Å²) in [5, 5.41) is 0. The van der Waals surface area contributed by atoms with Crippen molar-refractivity contribution in [3.05, 3.63) is 0 Å². The molecule has 80 valence electrons. The van der Waals surface area contributed by atoms with Crippen LogP contribution in [0.4, 0.5) is 0 Å². The summed E-state index contributed by atoms with van der Waals surface area (Å²) in [6.07, 6.45) is 2.35. The van der Waals surface area contributed by atoms with Crippen LogP contribution in [0.5, 0.6) is 0 Å². The zero-order valence-corrected chi connectivity index (χ0v) is 7.89. The molecule has 0 rings (SSSR count). The van der Waals surface area contributed by atoms with Gasteiger partial charge in [-0.25, -0.2) is 0 Å². The van der Waals surface area contributed by atoms with Gasteiger partial charge in [0.25, 0.3) is 0 Å². The fourth-order valence-electron chi connectivity index (χ4n) is 0.886. The normalized spacial score (nSPS) is 10.1. The van der Waals surface area contributed by atoms with Gasteiger partial charge in [-0.2, -0.15) is 0 Å². The second-order valence-corrected chi connectivity index (χ2v) is 2.68. The van der Waals surface area contributed by atoms with Crippen LogP contribution in [0.2, 0.25) is 0 Å². The van der Waals surface area contributed by atoms with E-state index in [4.69, 9.17) is 9.47 Å². The fraction of sp³-hybridized carbons (Fsp3) is 0.667. The molecule has 14 heavy (non-hydrogen) atoms. The van der Waals surface area contributed by atoms with Gasteiger partial charge >= 0.3 is 0 Å². The molecule has 0 fully saturated rings. The van der Waals surface area contributed by atoms with Crippen molar-refractivity contribution in [3.63, 3.8) is 0 Å². The van der Waals surface area contributed by atoms with Crippen LogP contribution in [0.1, 0.15) is 6.42 Å². The van der Waals surface area contributed by atoms with Crippen molar-refractivity contribution in [1.29, 1.82) is 0 Å². The standard InChI is InChI=1S/C9H14O5/c10-2-1-9(7-13-5-3-11)8-14-6-4-12/h2-4,9H,1,5-8H2. The minimum Gasteiger partial charge on any atom is -0.374 e. The van der Waals surface area contributed by atoms with Gasteiger partial charge in [-0.05, 0) is 0 Å². The molecular weight excluding hydrogens is 188 g/mol. The van der Waals surface area contributed by atoms with E-state index in [0.29, 0.717) is 19.0 Å². The second kappa shape index (κ2) is 10.0. The number of hydrogen-bond acceptors (Lipinski definition) is 5. The highest BCUT2D eigenvalue weighted by atomic mass is 16.5. The van der Waals surface area contributed by atoms with Gasteiger partial charge in [0.05, 0.1) is 13.2 Å². The summed E-state index contributed by atoms with van der Waals surface area (Å²) in [7, 11) is 0. The summed E-state index contributed by atoms with van der Waals surface area (Å²) in [4.78, 5) is 30.1. The Morgan fingerprint density at radius 3 is 1.71 bits per heavy atom. The number of aldehydes is 3. The molecule has 0 aromatic rings. The lowest BCUT2D eigenvalue weighted by molar-refractivity contribution is -0.114. The van der Waals surface area contributed by atoms with Gasteiger partial charge in [-0.1, -0.05) is 0 Å². The van der Waals surface area contributed by atoms with Gasteiger partial charge in [0.2, 0.25) is 0 Å². The van der Waals surface area contributed by atoms with Gasteiger partial charge in [0, 0.05) is 12.3 Å². The van der Waals surface area contributed by atoms with Crippen molar-refractivity contribution >= 4 is 18.9 Å². The van der Waals surface area contributed by atoms with Crippen molar-refractivity contribution in [1.82, 2.24) is 0 Å². The predicted octanol–water partition coefficient (Wildman–Crippen LogP) is -0.377. The Balaban J connectivity index is 3.58. The van der Waals surface area contributed by atoms with E-state index in [-0.39, 0.29) is 32.3 Å². The zero-order chi connectivity index (χ0) is 10.6. The molecule has 5 heteroatoms. The zero-order valence-electron chi connectivity index (χ0n) is 7.89. The number of carbonyl (C=O) groups excluding carboxylic acids is 3. The van der Waals surface area contributed by atoms with Crippen LogP contribution < -0.4 is 0 Å². The first-order valence-electron chi connectivity index (χ1n) is 4.31. The van der Waals surface area contributed by atoms with Crippen LogP contribution in [-0.4, -0.2) is 45.3 Å². The summed E-state index contributed by atoms with van der Waals surface area (Å²) in [6.45, 7) is 0.610. The summed E-state index contributed by atoms with van der Waals surface area (Å²) in [6, 6.07) is 0. The molecule has 0 atom stereocenters. The predicted molar refractivity (Wildman–Crippen MR) is 47.9 cm³/mol. The molecule has 5 nitrogen and oxygen atoms in total. The van der Waals surface area contributed by atoms with E-state index in [1.54, 1.807) is 0 Å². The minimum atomic E-state index is -0.0904. The highest BCUT2D eigenvalue weighted by Gasteiger charge is 2.08. The highest BCUT2D eigenvalue weighted by Crippen LogP contribution is 2.02. The fourth-order valence-corrected chi connectivity index (χ4v) is 0.886. The number of hydrogen-bond donors (Lipinski definition) is 0. The van der Waals surface area contributed by atoms with E-state index < -0.39 is 0 Å². The monoisotopic (exact) mass is 202 g/mol. The number of rotatable bonds is 10. The summed E-state index contributed by atoms with van der Waals surface area (Å²) < 4.78 is 9.87. The Morgan fingerprint density at radius 2 is 1.36 bits per heavy atom. The lowest BCUT2D eigenvalue weighted by atomic mass is 10.1. The third kappa shape index (κ3) is 7.57. The molecule has 0 aliphatic carbocycles. The molecule has 0 bridgehead atoms. The van der Waals surface area contributed by atoms with Crippen molar-refractivity contribution in [2.45, 2.75) is 6.42 Å². The first-order chi connectivity index (χ1) is 6.85. The maximum Gasteiger partial charge on any atom is 0.145 e. The van der Waals surface area contributed by atoms with Crippen LogP contribution in [0.25, 0.3) is 0 Å². The van der Waals surface area contributed by atoms with Crippen molar-refractivity contribution in [2.75, 3.05) is 26.4 Å². The van der Waals surface area contributed by atoms with Crippen LogP contribution in [-0.2, 0) is 23.9 Å². The Hall–Kier alpha value is -1.07. The third-order valence-corrected chi connectivity index (χ3v) is 1.51. The third-order valence-electron chi connectivity index (χ3n) is 1.51. The van der Waals surface area contributed by atoms with E-state index in [0.717, 1.165) is 6.29 Å². The van der Waals surface area contributed by atoms with E-state index >= 15 is 0 Å². The molecule has 0 N–H and O–H groups in total.